The lowest BCUT2D eigenvalue weighted by molar-refractivity contribution is -0.137. The van der Waals surface area contributed by atoms with Crippen molar-refractivity contribution in [2.75, 3.05) is 24.9 Å². The normalized spacial score (nSPS) is 12.1. The van der Waals surface area contributed by atoms with Gasteiger partial charge in [0.05, 0.1) is 25.0 Å². The summed E-state index contributed by atoms with van der Waals surface area (Å²) in [4.78, 5) is 40.0. The highest BCUT2D eigenvalue weighted by Crippen LogP contribution is 2.32. The lowest BCUT2D eigenvalue weighted by Gasteiger charge is -2.15. The van der Waals surface area contributed by atoms with Gasteiger partial charge in [-0.2, -0.15) is 13.2 Å². The number of anilines is 2. The van der Waals surface area contributed by atoms with Crippen LogP contribution in [0.25, 0.3) is 6.08 Å². The maximum Gasteiger partial charge on any atom is 0.416 e. The van der Waals surface area contributed by atoms with Crippen LogP contribution in [0.2, 0.25) is 0 Å². The summed E-state index contributed by atoms with van der Waals surface area (Å²) >= 11 is 1.15. The number of nitrogens with one attached hydrogen (secondary N) is 3. The zero-order chi connectivity index (χ0) is 33.3. The molecule has 0 spiro atoms. The average Bonchev–Trinajstić information content (AvgIpc) is 3.04. The second-order valence-corrected chi connectivity index (χ2v) is 11.2. The second-order valence-electron chi connectivity index (χ2n) is 9.80. The molecule has 3 N–H and O–H groups in total. The number of amides is 3. The monoisotopic (exact) mass is 649 g/mol. The van der Waals surface area contributed by atoms with Crippen LogP contribution in [0.1, 0.15) is 28.4 Å². The molecule has 3 amide bonds. The molecule has 0 fully saturated rings. The van der Waals surface area contributed by atoms with Crippen molar-refractivity contribution in [1.29, 1.82) is 0 Å². The van der Waals surface area contributed by atoms with Crippen molar-refractivity contribution >= 4 is 46.9 Å². The van der Waals surface area contributed by atoms with Crippen LogP contribution in [0.4, 0.5) is 24.5 Å². The lowest BCUT2D eigenvalue weighted by Crippen LogP contribution is -2.30. The van der Waals surface area contributed by atoms with Gasteiger partial charge in [0.25, 0.3) is 11.8 Å². The molecule has 12 heteroatoms. The molecule has 4 aromatic rings. The maximum atomic E-state index is 13.6. The molecule has 4 rings (SSSR count). The highest BCUT2D eigenvalue weighted by Gasteiger charge is 2.30. The molecule has 46 heavy (non-hydrogen) atoms. The van der Waals surface area contributed by atoms with Crippen LogP contribution in [0.5, 0.6) is 11.5 Å². The summed E-state index contributed by atoms with van der Waals surface area (Å²) in [5.41, 5.74) is 0.273. The molecule has 1 atom stereocenters. The van der Waals surface area contributed by atoms with Crippen LogP contribution >= 0.6 is 11.8 Å². The second kappa shape index (κ2) is 15.2. The molecule has 238 valence electrons. The smallest absolute Gasteiger partial charge is 0.416 e. The number of rotatable bonds is 11. The minimum absolute atomic E-state index is 0.0258. The Morgan fingerprint density at radius 1 is 0.804 bits per heavy atom. The van der Waals surface area contributed by atoms with Gasteiger partial charge in [-0.05, 0) is 79.7 Å². The third kappa shape index (κ3) is 9.14. The highest BCUT2D eigenvalue weighted by molar-refractivity contribution is 8.00. The van der Waals surface area contributed by atoms with E-state index in [0.29, 0.717) is 33.2 Å². The number of thioether (sulfide) groups is 1. The molecule has 0 aliphatic rings. The fraction of sp³-hybridized carbons (Fsp3) is 0.147. The number of hydrogen-bond acceptors (Lipinski definition) is 6. The molecule has 4 aromatic carbocycles. The van der Waals surface area contributed by atoms with Gasteiger partial charge in [-0.1, -0.05) is 30.3 Å². The third-order valence-corrected chi connectivity index (χ3v) is 7.59. The van der Waals surface area contributed by atoms with Crippen molar-refractivity contribution in [3.05, 3.63) is 119 Å². The first kappa shape index (κ1) is 33.7. The Bertz CT molecular complexity index is 1750. The van der Waals surface area contributed by atoms with Gasteiger partial charge in [-0.15, -0.1) is 11.8 Å². The molecule has 0 aliphatic carbocycles. The van der Waals surface area contributed by atoms with Crippen molar-refractivity contribution < 1.29 is 37.0 Å². The molecule has 0 saturated carbocycles. The predicted molar refractivity (Wildman–Crippen MR) is 172 cm³/mol. The first-order valence-corrected chi connectivity index (χ1v) is 14.7. The van der Waals surface area contributed by atoms with Gasteiger partial charge in [0.1, 0.15) is 17.2 Å². The van der Waals surface area contributed by atoms with Gasteiger partial charge in [-0.3, -0.25) is 14.4 Å². The lowest BCUT2D eigenvalue weighted by atomic mass is 10.1. The topological polar surface area (TPSA) is 106 Å². The van der Waals surface area contributed by atoms with E-state index in [1.54, 1.807) is 79.7 Å². The summed E-state index contributed by atoms with van der Waals surface area (Å²) < 4.78 is 49.9. The summed E-state index contributed by atoms with van der Waals surface area (Å²) in [7, 11) is 2.98. The van der Waals surface area contributed by atoms with Crippen LogP contribution < -0.4 is 25.4 Å². The fourth-order valence-corrected chi connectivity index (χ4v) is 5.10. The summed E-state index contributed by atoms with van der Waals surface area (Å²) in [6.45, 7) is 1.61. The van der Waals surface area contributed by atoms with E-state index < -0.39 is 34.7 Å². The molecule has 0 radical (unpaired) electrons. The van der Waals surface area contributed by atoms with Crippen molar-refractivity contribution in [3.8, 4) is 11.5 Å². The SMILES string of the molecule is COc1ccc(OC)c(/C=C(/NC(=O)c2ccccc2)C(=O)Nc2cccc(SC(C)C(=O)Nc3cccc(C(F)(F)F)c3)c2)c1. The molecule has 1 unspecified atom stereocenters. The van der Waals surface area contributed by atoms with E-state index in [1.165, 1.54) is 32.4 Å². The minimum atomic E-state index is -4.54. The van der Waals surface area contributed by atoms with Gasteiger partial charge in [0.2, 0.25) is 5.91 Å². The molecular formula is C34H30F3N3O5S. The maximum absolute atomic E-state index is 13.6. The van der Waals surface area contributed by atoms with Crippen molar-refractivity contribution in [2.45, 2.75) is 23.2 Å². The quantitative estimate of drug-likeness (QED) is 0.117. The van der Waals surface area contributed by atoms with Crippen molar-refractivity contribution in [2.24, 2.45) is 0 Å². The molecule has 8 nitrogen and oxygen atoms in total. The molecule has 0 saturated heterocycles. The molecule has 0 bridgehead atoms. The van der Waals surface area contributed by atoms with Gasteiger partial charge < -0.3 is 25.4 Å². The number of hydrogen-bond donors (Lipinski definition) is 3. The van der Waals surface area contributed by atoms with E-state index in [9.17, 15) is 27.6 Å². The summed E-state index contributed by atoms with van der Waals surface area (Å²) in [6, 6.07) is 24.5. The molecule has 0 aromatic heterocycles. The van der Waals surface area contributed by atoms with E-state index in [2.05, 4.69) is 16.0 Å². The zero-order valence-corrected chi connectivity index (χ0v) is 25.8. The Labute approximate surface area is 268 Å². The highest BCUT2D eigenvalue weighted by atomic mass is 32.2. The Kier molecular flexibility index (Phi) is 11.1. The van der Waals surface area contributed by atoms with E-state index >= 15 is 0 Å². The number of halogens is 3. The van der Waals surface area contributed by atoms with Gasteiger partial charge in [0.15, 0.2) is 0 Å². The summed E-state index contributed by atoms with van der Waals surface area (Å²) in [5, 5.41) is 7.27. The zero-order valence-electron chi connectivity index (χ0n) is 25.0. The number of benzene rings is 4. The molecular weight excluding hydrogens is 619 g/mol. The number of carbonyl (C=O) groups excluding carboxylic acids is 3. The van der Waals surface area contributed by atoms with Gasteiger partial charge in [-0.25, -0.2) is 0 Å². The van der Waals surface area contributed by atoms with E-state index in [4.69, 9.17) is 9.47 Å². The van der Waals surface area contributed by atoms with Gasteiger partial charge >= 0.3 is 6.18 Å². The summed E-state index contributed by atoms with van der Waals surface area (Å²) in [5.74, 6) is -0.687. The predicted octanol–water partition coefficient (Wildman–Crippen LogP) is 7.25. The molecule has 0 aliphatic heterocycles. The van der Waals surface area contributed by atoms with Gasteiger partial charge in [0, 0.05) is 27.4 Å². The fourth-order valence-electron chi connectivity index (χ4n) is 4.17. The van der Waals surface area contributed by atoms with E-state index in [-0.39, 0.29) is 11.4 Å². The number of alkyl halides is 3. The summed E-state index contributed by atoms with van der Waals surface area (Å²) in [6.07, 6.45) is -3.07. The van der Waals surface area contributed by atoms with Crippen LogP contribution in [-0.4, -0.2) is 37.2 Å². The first-order valence-electron chi connectivity index (χ1n) is 13.8. The van der Waals surface area contributed by atoms with E-state index in [1.807, 2.05) is 0 Å². The first-order chi connectivity index (χ1) is 22.0. The van der Waals surface area contributed by atoms with Crippen LogP contribution in [0.3, 0.4) is 0 Å². The average molecular weight is 650 g/mol. The Balaban J connectivity index is 1.52. The van der Waals surface area contributed by atoms with Crippen molar-refractivity contribution in [1.82, 2.24) is 5.32 Å². The number of methoxy groups -OCH3 is 2. The Morgan fingerprint density at radius 3 is 2.17 bits per heavy atom. The minimum Gasteiger partial charge on any atom is -0.497 e. The number of ether oxygens (including phenoxy) is 2. The Morgan fingerprint density at radius 2 is 1.50 bits per heavy atom. The van der Waals surface area contributed by atoms with Crippen LogP contribution in [-0.2, 0) is 15.8 Å². The number of carbonyl (C=O) groups is 3. The van der Waals surface area contributed by atoms with Crippen molar-refractivity contribution in [3.63, 3.8) is 0 Å². The standard InChI is InChI=1S/C34H30F3N3O5S/c1-21(31(41)38-25-12-7-11-24(19-25)34(35,36)37)46-28-14-8-13-26(20-28)39-33(43)29(40-32(42)22-9-5-4-6-10-22)18-23-17-27(44-2)15-16-30(23)45-3/h4-21H,1-3H3,(H,38,41)(H,39,43)(H,40,42)/b29-18+. The van der Waals surface area contributed by atoms with Crippen LogP contribution in [0.15, 0.2) is 108 Å². The molecule has 0 heterocycles. The van der Waals surface area contributed by atoms with Crippen LogP contribution in [0, 0.1) is 0 Å². The largest absolute Gasteiger partial charge is 0.497 e. The van der Waals surface area contributed by atoms with E-state index in [0.717, 1.165) is 23.9 Å². The Hall–Kier alpha value is -5.23. The third-order valence-electron chi connectivity index (χ3n) is 6.50.